The number of aryl methyl sites for hydroxylation is 1. The third-order valence-electron chi connectivity index (χ3n) is 3.73. The molecule has 1 N–H and O–H groups in total. The lowest BCUT2D eigenvalue weighted by atomic mass is 9.88. The largest absolute Gasteiger partial charge is 0.384 e. The summed E-state index contributed by atoms with van der Waals surface area (Å²) in [6.45, 7) is 7.63. The maximum atomic E-state index is 3.59. The molecule has 1 unspecified atom stereocenters. The van der Waals surface area contributed by atoms with Crippen molar-refractivity contribution in [2.45, 2.75) is 26.7 Å². The molecule has 0 aliphatic carbocycles. The van der Waals surface area contributed by atoms with Crippen molar-refractivity contribution in [2.24, 2.45) is 5.92 Å². The molecule has 1 atom stereocenters. The van der Waals surface area contributed by atoms with Crippen molar-refractivity contribution in [3.05, 3.63) is 64.1 Å². The molecular weight excluding hydrogens is 310 g/mol. The fourth-order valence-electron chi connectivity index (χ4n) is 2.37. The number of anilines is 1. The van der Waals surface area contributed by atoms with Crippen LogP contribution in [0.1, 0.15) is 30.9 Å². The van der Waals surface area contributed by atoms with Gasteiger partial charge in [0.15, 0.2) is 0 Å². The molecule has 0 fully saturated rings. The van der Waals surface area contributed by atoms with Gasteiger partial charge in [-0.1, -0.05) is 66.2 Å². The third-order valence-corrected chi connectivity index (χ3v) is 4.58. The summed E-state index contributed by atoms with van der Waals surface area (Å²) in [6.07, 6.45) is 0. The Morgan fingerprint density at radius 2 is 1.75 bits per heavy atom. The lowest BCUT2D eigenvalue weighted by Gasteiger charge is -2.22. The molecule has 1 nitrogen and oxygen atoms in total. The molecule has 2 heteroatoms. The molecule has 0 bridgehead atoms. The van der Waals surface area contributed by atoms with Crippen LogP contribution in [0.15, 0.2) is 53.0 Å². The standard InChI is InChI=1S/C18H22BrN/c1-13(2)17(15-7-5-4-6-8-15)12-20-16-10-9-14(3)18(19)11-16/h4-11,13,17,20H,12H2,1-3H3. The molecule has 0 aliphatic heterocycles. The van der Waals surface area contributed by atoms with Gasteiger partial charge in [0.05, 0.1) is 0 Å². The van der Waals surface area contributed by atoms with E-state index in [0.29, 0.717) is 11.8 Å². The second kappa shape index (κ2) is 6.94. The van der Waals surface area contributed by atoms with Crippen LogP contribution in [-0.2, 0) is 0 Å². The molecule has 0 aliphatic rings. The molecule has 0 aromatic heterocycles. The van der Waals surface area contributed by atoms with E-state index in [2.05, 4.69) is 90.5 Å². The average molecular weight is 332 g/mol. The highest BCUT2D eigenvalue weighted by Gasteiger charge is 2.15. The van der Waals surface area contributed by atoms with Gasteiger partial charge in [-0.3, -0.25) is 0 Å². The van der Waals surface area contributed by atoms with Crippen LogP contribution in [0.2, 0.25) is 0 Å². The summed E-state index contributed by atoms with van der Waals surface area (Å²) >= 11 is 3.59. The first kappa shape index (κ1) is 15.1. The number of hydrogen-bond donors (Lipinski definition) is 1. The molecule has 2 aromatic rings. The Labute approximate surface area is 130 Å². The minimum Gasteiger partial charge on any atom is -0.384 e. The zero-order valence-corrected chi connectivity index (χ0v) is 13.9. The van der Waals surface area contributed by atoms with E-state index in [1.54, 1.807) is 0 Å². The van der Waals surface area contributed by atoms with Crippen LogP contribution in [0.5, 0.6) is 0 Å². The van der Waals surface area contributed by atoms with Crippen LogP contribution >= 0.6 is 15.9 Å². The van der Waals surface area contributed by atoms with Crippen LogP contribution in [0.25, 0.3) is 0 Å². The van der Waals surface area contributed by atoms with Crippen LogP contribution < -0.4 is 5.32 Å². The Hall–Kier alpha value is -1.28. The van der Waals surface area contributed by atoms with Crippen molar-refractivity contribution in [1.82, 2.24) is 0 Å². The average Bonchev–Trinajstić information content (AvgIpc) is 2.44. The Morgan fingerprint density at radius 3 is 2.35 bits per heavy atom. The van der Waals surface area contributed by atoms with E-state index >= 15 is 0 Å². The van der Waals surface area contributed by atoms with Crippen molar-refractivity contribution >= 4 is 21.6 Å². The van der Waals surface area contributed by atoms with Crippen molar-refractivity contribution < 1.29 is 0 Å². The van der Waals surface area contributed by atoms with Crippen LogP contribution in [0.4, 0.5) is 5.69 Å². The number of hydrogen-bond acceptors (Lipinski definition) is 1. The predicted octanol–water partition coefficient (Wildman–Crippen LogP) is 5.61. The summed E-state index contributed by atoms with van der Waals surface area (Å²) in [4.78, 5) is 0. The summed E-state index contributed by atoms with van der Waals surface area (Å²) < 4.78 is 1.16. The fourth-order valence-corrected chi connectivity index (χ4v) is 2.75. The molecular formula is C18H22BrN. The Morgan fingerprint density at radius 1 is 1.05 bits per heavy atom. The molecule has 0 saturated heterocycles. The molecule has 0 heterocycles. The van der Waals surface area contributed by atoms with Crippen LogP contribution in [-0.4, -0.2) is 6.54 Å². The minimum atomic E-state index is 0.524. The summed E-state index contributed by atoms with van der Waals surface area (Å²) in [7, 11) is 0. The predicted molar refractivity (Wildman–Crippen MR) is 91.4 cm³/mol. The highest BCUT2D eigenvalue weighted by atomic mass is 79.9. The summed E-state index contributed by atoms with van der Waals surface area (Å²) in [5, 5.41) is 3.56. The van der Waals surface area contributed by atoms with Gasteiger partial charge in [0.25, 0.3) is 0 Å². The summed E-state index contributed by atoms with van der Waals surface area (Å²) in [5.74, 6) is 1.13. The van der Waals surface area contributed by atoms with E-state index in [-0.39, 0.29) is 0 Å². The van der Waals surface area contributed by atoms with Crippen molar-refractivity contribution in [2.75, 3.05) is 11.9 Å². The van der Waals surface area contributed by atoms with Crippen molar-refractivity contribution in [3.63, 3.8) is 0 Å². The summed E-state index contributed by atoms with van der Waals surface area (Å²) in [5.41, 5.74) is 3.84. The quantitative estimate of drug-likeness (QED) is 0.750. The second-order valence-electron chi connectivity index (χ2n) is 5.61. The molecule has 20 heavy (non-hydrogen) atoms. The van der Waals surface area contributed by atoms with Gasteiger partial charge < -0.3 is 5.32 Å². The normalized spacial score (nSPS) is 12.4. The van der Waals surface area contributed by atoms with Gasteiger partial charge in [0.1, 0.15) is 0 Å². The minimum absolute atomic E-state index is 0.524. The van der Waals surface area contributed by atoms with Gasteiger partial charge in [-0.15, -0.1) is 0 Å². The molecule has 2 rings (SSSR count). The topological polar surface area (TPSA) is 12.0 Å². The maximum absolute atomic E-state index is 3.59. The molecule has 0 radical (unpaired) electrons. The zero-order valence-electron chi connectivity index (χ0n) is 12.4. The molecule has 0 amide bonds. The van der Waals surface area contributed by atoms with E-state index in [0.717, 1.165) is 11.0 Å². The summed E-state index contributed by atoms with van der Waals surface area (Å²) in [6, 6.07) is 17.2. The van der Waals surface area contributed by atoms with Gasteiger partial charge in [-0.2, -0.15) is 0 Å². The number of benzene rings is 2. The highest BCUT2D eigenvalue weighted by molar-refractivity contribution is 9.10. The first-order valence-corrected chi connectivity index (χ1v) is 7.92. The maximum Gasteiger partial charge on any atom is 0.0351 e. The van der Waals surface area contributed by atoms with Crippen molar-refractivity contribution in [1.29, 1.82) is 0 Å². The second-order valence-corrected chi connectivity index (χ2v) is 6.46. The van der Waals surface area contributed by atoms with E-state index in [4.69, 9.17) is 0 Å². The Kier molecular flexibility index (Phi) is 5.24. The number of nitrogens with one attached hydrogen (secondary N) is 1. The van der Waals surface area contributed by atoms with Crippen LogP contribution in [0, 0.1) is 12.8 Å². The van der Waals surface area contributed by atoms with Gasteiger partial charge in [0.2, 0.25) is 0 Å². The molecule has 106 valence electrons. The van der Waals surface area contributed by atoms with E-state index < -0.39 is 0 Å². The fraction of sp³-hybridized carbons (Fsp3) is 0.333. The monoisotopic (exact) mass is 331 g/mol. The Bertz CT molecular complexity index is 549. The van der Waals surface area contributed by atoms with Crippen LogP contribution in [0.3, 0.4) is 0 Å². The Balaban J connectivity index is 2.08. The molecule has 0 spiro atoms. The lowest BCUT2D eigenvalue weighted by Crippen LogP contribution is -2.17. The SMILES string of the molecule is Cc1ccc(NCC(c2ccccc2)C(C)C)cc1Br. The first-order valence-electron chi connectivity index (χ1n) is 7.13. The van der Waals surface area contributed by atoms with Gasteiger partial charge in [0, 0.05) is 22.6 Å². The lowest BCUT2D eigenvalue weighted by molar-refractivity contribution is 0.517. The van der Waals surface area contributed by atoms with E-state index in [9.17, 15) is 0 Å². The van der Waals surface area contributed by atoms with Crippen molar-refractivity contribution in [3.8, 4) is 0 Å². The molecule has 0 saturated carbocycles. The molecule has 2 aromatic carbocycles. The van der Waals surface area contributed by atoms with Gasteiger partial charge in [-0.05, 0) is 36.1 Å². The first-order chi connectivity index (χ1) is 9.58. The number of rotatable bonds is 5. The highest BCUT2D eigenvalue weighted by Crippen LogP contribution is 2.26. The third kappa shape index (κ3) is 3.86. The zero-order chi connectivity index (χ0) is 14.5. The van der Waals surface area contributed by atoms with E-state index in [1.807, 2.05) is 0 Å². The van der Waals surface area contributed by atoms with Gasteiger partial charge in [-0.25, -0.2) is 0 Å². The number of halogens is 1. The smallest absolute Gasteiger partial charge is 0.0351 e. The van der Waals surface area contributed by atoms with Gasteiger partial charge >= 0.3 is 0 Å². The van der Waals surface area contributed by atoms with E-state index in [1.165, 1.54) is 16.8 Å².